The second-order valence-electron chi connectivity index (χ2n) is 1.11. The number of hydrogen-bond acceptors (Lipinski definition) is 3. The average Bonchev–Trinajstić information content (AvgIpc) is 1.59. The van der Waals surface area contributed by atoms with Crippen molar-refractivity contribution in [2.24, 2.45) is 5.73 Å². The van der Waals surface area contributed by atoms with Crippen LogP contribution < -0.4 is 5.73 Å². The van der Waals surface area contributed by atoms with Crippen molar-refractivity contribution >= 4 is 18.2 Å². The van der Waals surface area contributed by atoms with E-state index in [0.29, 0.717) is 23.7 Å². The molecule has 6 heteroatoms. The Morgan fingerprint density at radius 2 is 2.12 bits per heavy atom. The van der Waals surface area contributed by atoms with Gasteiger partial charge in [-0.25, -0.2) is 4.57 Å². The van der Waals surface area contributed by atoms with Crippen LogP contribution in [0.3, 0.4) is 0 Å². The summed E-state index contributed by atoms with van der Waals surface area (Å²) in [5.74, 6) is 0.310. The molecule has 0 rings (SSSR count). The summed E-state index contributed by atoms with van der Waals surface area (Å²) in [5.41, 5.74) is 4.97. The lowest BCUT2D eigenvalue weighted by Crippen LogP contribution is -2.00. The third-order valence-corrected chi connectivity index (χ3v) is 2.69. The maximum Gasteiger partial charge on any atom is 0.384 e. The quantitative estimate of drug-likeness (QED) is 0.493. The van der Waals surface area contributed by atoms with Gasteiger partial charge in [0.1, 0.15) is 0 Å². The zero-order valence-corrected chi connectivity index (χ0v) is 5.86. The highest BCUT2D eigenvalue weighted by Crippen LogP contribution is 2.49. The van der Waals surface area contributed by atoms with Gasteiger partial charge < -0.3 is 15.5 Å². The molecule has 0 aromatic rings. The molecule has 0 aliphatic heterocycles. The normalized spacial score (nSPS) is 11.9. The van der Waals surface area contributed by atoms with Crippen LogP contribution in [-0.4, -0.2) is 22.1 Å². The summed E-state index contributed by atoms with van der Waals surface area (Å²) in [7, 11) is 0. The van der Waals surface area contributed by atoms with E-state index in [4.69, 9.17) is 15.5 Å². The van der Waals surface area contributed by atoms with Gasteiger partial charge in [0.05, 0.1) is 0 Å². The van der Waals surface area contributed by atoms with Gasteiger partial charge in [-0.1, -0.05) is 0 Å². The van der Waals surface area contributed by atoms with E-state index in [1.807, 2.05) is 0 Å². The third-order valence-electron chi connectivity index (χ3n) is 0.377. The third kappa shape index (κ3) is 6.46. The van der Waals surface area contributed by atoms with Crippen molar-refractivity contribution in [3.63, 3.8) is 0 Å². The van der Waals surface area contributed by atoms with E-state index in [-0.39, 0.29) is 0 Å². The van der Waals surface area contributed by atoms with E-state index >= 15 is 0 Å². The molecule has 0 unspecified atom stereocenters. The zero-order valence-electron chi connectivity index (χ0n) is 4.15. The Balaban J connectivity index is 3.26. The van der Waals surface area contributed by atoms with Gasteiger partial charge in [0.15, 0.2) is 0 Å². The number of nitrogens with two attached hydrogens (primary N) is 1. The lowest BCUT2D eigenvalue weighted by molar-refractivity contribution is 0.397. The number of rotatable bonds is 3. The van der Waals surface area contributed by atoms with E-state index in [0.717, 1.165) is 0 Å². The Kier molecular flexibility index (Phi) is 3.68. The first-order valence-corrected chi connectivity index (χ1v) is 5.17. The fraction of sp³-hybridized carbons (Fsp3) is 1.00. The molecule has 0 aromatic carbocycles. The molecule has 0 fully saturated rings. The summed E-state index contributed by atoms with van der Waals surface area (Å²) in [5, 5.41) is 0. The van der Waals surface area contributed by atoms with Gasteiger partial charge in [-0.05, 0) is 11.4 Å². The van der Waals surface area contributed by atoms with Crippen LogP contribution in [0.1, 0.15) is 0 Å². The Hall–Kier alpha value is 0.460. The topological polar surface area (TPSA) is 83.6 Å². The molecule has 50 valence electrons. The molecular weight excluding hydrogens is 149 g/mol. The summed E-state index contributed by atoms with van der Waals surface area (Å²) in [6, 6.07) is 0. The van der Waals surface area contributed by atoms with Crippen molar-refractivity contribution in [3.05, 3.63) is 0 Å². The van der Waals surface area contributed by atoms with Crippen LogP contribution in [-0.2, 0) is 4.57 Å². The van der Waals surface area contributed by atoms with Crippen molar-refractivity contribution in [3.8, 4) is 0 Å². The second kappa shape index (κ2) is 3.48. The lowest BCUT2D eigenvalue weighted by atomic mass is 10.8. The summed E-state index contributed by atoms with van der Waals surface area (Å²) in [6.45, 7) is -3.54. The summed E-state index contributed by atoms with van der Waals surface area (Å²) < 4.78 is 9.99. The maximum atomic E-state index is 9.99. The maximum absolute atomic E-state index is 9.99. The first kappa shape index (κ1) is 8.46. The van der Waals surface area contributed by atoms with Gasteiger partial charge in [0, 0.05) is 12.3 Å². The van der Waals surface area contributed by atoms with Crippen LogP contribution in [0.25, 0.3) is 0 Å². The molecule has 0 saturated carbocycles. The molecule has 8 heavy (non-hydrogen) atoms. The molecule has 0 bridgehead atoms. The summed E-state index contributed by atoms with van der Waals surface area (Å²) >= 11 is 0.575. The Labute approximate surface area is 51.4 Å². The molecule has 0 heterocycles. The predicted octanol–water partition coefficient (Wildman–Crippen LogP) is -0.229. The van der Waals surface area contributed by atoms with Crippen LogP contribution >= 0.6 is 18.2 Å². The van der Waals surface area contributed by atoms with Crippen LogP contribution in [0, 0.1) is 0 Å². The Morgan fingerprint density at radius 1 is 1.62 bits per heavy atom. The van der Waals surface area contributed by atoms with E-state index in [1.165, 1.54) is 0 Å². The molecule has 4 nitrogen and oxygen atoms in total. The smallest absolute Gasteiger partial charge is 0.330 e. The van der Waals surface area contributed by atoms with Crippen molar-refractivity contribution in [1.29, 1.82) is 0 Å². The van der Waals surface area contributed by atoms with Gasteiger partial charge in [-0.2, -0.15) is 0 Å². The zero-order chi connectivity index (χ0) is 6.62. The minimum atomic E-state index is -3.85. The van der Waals surface area contributed by atoms with Gasteiger partial charge in [-0.3, -0.25) is 0 Å². The van der Waals surface area contributed by atoms with Gasteiger partial charge in [-0.15, -0.1) is 0 Å². The summed E-state index contributed by atoms with van der Waals surface area (Å²) in [6.07, 6.45) is 0. The fourth-order valence-corrected chi connectivity index (χ4v) is 1.54. The first-order chi connectivity index (χ1) is 3.56. The molecule has 0 saturated heterocycles. The molecule has 0 amide bonds. The lowest BCUT2D eigenvalue weighted by Gasteiger charge is -1.98. The van der Waals surface area contributed by atoms with E-state index in [2.05, 4.69) is 0 Å². The van der Waals surface area contributed by atoms with E-state index in [1.54, 1.807) is 0 Å². The van der Waals surface area contributed by atoms with E-state index < -0.39 is 6.80 Å². The molecule has 0 radical (unpaired) electrons. The van der Waals surface area contributed by atoms with Crippen LogP contribution in [0.5, 0.6) is 0 Å². The molecular formula is C2H8NO3PS. The van der Waals surface area contributed by atoms with Crippen LogP contribution in [0.4, 0.5) is 0 Å². The highest BCUT2D eigenvalue weighted by Gasteiger charge is 2.11. The molecule has 0 atom stereocenters. The van der Waals surface area contributed by atoms with Gasteiger partial charge in [0.2, 0.25) is 0 Å². The van der Waals surface area contributed by atoms with Crippen molar-refractivity contribution in [1.82, 2.24) is 0 Å². The Bertz CT molecular complexity index is 101. The molecule has 0 aromatic heterocycles. The molecule has 0 aliphatic carbocycles. The van der Waals surface area contributed by atoms with Crippen LogP contribution in [0.2, 0.25) is 0 Å². The summed E-state index contributed by atoms with van der Waals surface area (Å²) in [4.78, 5) is 16.3. The molecule has 4 N–H and O–H groups in total. The average molecular weight is 157 g/mol. The van der Waals surface area contributed by atoms with Crippen molar-refractivity contribution < 1.29 is 14.4 Å². The first-order valence-electron chi connectivity index (χ1n) is 1.96. The standard InChI is InChI=1S/C2H8NO3PS/c3-1-2-8-7(4,5)6/h1-3H2,(H2,4,5,6). The monoisotopic (exact) mass is 157 g/mol. The number of hydrogen-bond donors (Lipinski definition) is 3. The van der Waals surface area contributed by atoms with Crippen LogP contribution in [0.15, 0.2) is 0 Å². The predicted molar refractivity (Wildman–Crippen MR) is 33.6 cm³/mol. The highest BCUT2D eigenvalue weighted by molar-refractivity contribution is 8.54. The van der Waals surface area contributed by atoms with Crippen molar-refractivity contribution in [2.75, 3.05) is 12.3 Å². The van der Waals surface area contributed by atoms with E-state index in [9.17, 15) is 4.57 Å². The fourth-order valence-electron chi connectivity index (χ4n) is 0.172. The molecule has 0 aliphatic rings. The second-order valence-corrected chi connectivity index (χ2v) is 4.96. The minimum Gasteiger partial charge on any atom is -0.330 e. The highest BCUT2D eigenvalue weighted by atomic mass is 32.7. The van der Waals surface area contributed by atoms with Gasteiger partial charge >= 0.3 is 6.80 Å². The largest absolute Gasteiger partial charge is 0.384 e. The molecule has 0 spiro atoms. The minimum absolute atomic E-state index is 0.301. The SMILES string of the molecule is NCCSP(=O)(O)O. The van der Waals surface area contributed by atoms with Crippen molar-refractivity contribution in [2.45, 2.75) is 0 Å². The Morgan fingerprint density at radius 3 is 2.25 bits per heavy atom. The van der Waals surface area contributed by atoms with Gasteiger partial charge in [0.25, 0.3) is 0 Å².